The molecular formula is C27H28N4O5S. The highest BCUT2D eigenvalue weighted by Crippen LogP contribution is 2.27. The van der Waals surface area contributed by atoms with E-state index in [1.54, 1.807) is 54.6 Å². The number of esters is 1. The zero-order valence-corrected chi connectivity index (χ0v) is 21.3. The maximum Gasteiger partial charge on any atom is 0.326 e. The van der Waals surface area contributed by atoms with Gasteiger partial charge >= 0.3 is 5.97 Å². The van der Waals surface area contributed by atoms with Crippen LogP contribution in [0.3, 0.4) is 0 Å². The van der Waals surface area contributed by atoms with Gasteiger partial charge in [0.15, 0.2) is 0 Å². The largest absolute Gasteiger partial charge is 0.508 e. The minimum Gasteiger partial charge on any atom is -0.508 e. The van der Waals surface area contributed by atoms with E-state index >= 15 is 0 Å². The van der Waals surface area contributed by atoms with Gasteiger partial charge in [-0.2, -0.15) is 0 Å². The first-order valence-electron chi connectivity index (χ1n) is 11.1. The summed E-state index contributed by atoms with van der Waals surface area (Å²) in [5, 5.41) is 12.6. The SMILES string of the molecule is C=C(/C=C(\N=CN)c1ccc(O)cc1)Nc1ccc(N(CC(=O)OC)S(=O)(=O)c2ccc(C)cc2)cc1. The molecule has 3 rings (SSSR count). The normalized spacial score (nSPS) is 11.8. The summed E-state index contributed by atoms with van der Waals surface area (Å²) in [6, 6.07) is 19.3. The Labute approximate surface area is 216 Å². The van der Waals surface area contributed by atoms with Crippen molar-refractivity contribution in [2.24, 2.45) is 10.7 Å². The van der Waals surface area contributed by atoms with Crippen molar-refractivity contribution in [1.82, 2.24) is 0 Å². The summed E-state index contributed by atoms with van der Waals surface area (Å²) in [5.41, 5.74) is 9.03. The molecule has 0 aliphatic heterocycles. The Hall–Kier alpha value is -4.57. The zero-order valence-electron chi connectivity index (χ0n) is 20.5. The highest BCUT2D eigenvalue weighted by Gasteiger charge is 2.27. The molecule has 0 heterocycles. The van der Waals surface area contributed by atoms with Crippen molar-refractivity contribution in [3.63, 3.8) is 0 Å². The van der Waals surface area contributed by atoms with Crippen molar-refractivity contribution < 1.29 is 23.1 Å². The van der Waals surface area contributed by atoms with Crippen LogP contribution in [0.4, 0.5) is 11.4 Å². The quantitative estimate of drug-likeness (QED) is 0.159. The second-order valence-electron chi connectivity index (χ2n) is 7.95. The fourth-order valence-corrected chi connectivity index (χ4v) is 4.75. The molecular weight excluding hydrogens is 492 g/mol. The number of nitrogens with zero attached hydrogens (tertiary/aromatic N) is 2. The Morgan fingerprint density at radius 1 is 1.08 bits per heavy atom. The second kappa shape index (κ2) is 11.9. The number of aliphatic imine (C=N–C) groups is 1. The Balaban J connectivity index is 1.85. The summed E-state index contributed by atoms with van der Waals surface area (Å²) in [6.45, 7) is 5.36. The number of rotatable bonds is 10. The smallest absolute Gasteiger partial charge is 0.326 e. The van der Waals surface area contributed by atoms with Crippen LogP contribution < -0.4 is 15.4 Å². The molecule has 0 aliphatic rings. The molecule has 0 spiro atoms. The first kappa shape index (κ1) is 27.0. The fourth-order valence-electron chi connectivity index (χ4n) is 3.34. The molecule has 9 nitrogen and oxygen atoms in total. The van der Waals surface area contributed by atoms with E-state index in [4.69, 9.17) is 10.5 Å². The number of sulfonamides is 1. The van der Waals surface area contributed by atoms with Crippen molar-refractivity contribution in [2.45, 2.75) is 11.8 Å². The summed E-state index contributed by atoms with van der Waals surface area (Å²) in [4.78, 5) is 16.3. The fraction of sp³-hybridized carbons (Fsp3) is 0.111. The maximum absolute atomic E-state index is 13.3. The first-order chi connectivity index (χ1) is 17.6. The van der Waals surface area contributed by atoms with Crippen molar-refractivity contribution in [3.8, 4) is 5.75 Å². The maximum atomic E-state index is 13.3. The lowest BCUT2D eigenvalue weighted by Crippen LogP contribution is -2.36. The van der Waals surface area contributed by atoms with E-state index in [0.29, 0.717) is 17.1 Å². The number of allylic oxidation sites excluding steroid dienone is 1. The molecule has 0 fully saturated rings. The lowest BCUT2D eigenvalue weighted by Gasteiger charge is -2.23. The topological polar surface area (TPSA) is 134 Å². The van der Waals surface area contributed by atoms with Crippen LogP contribution in [0.15, 0.2) is 101 Å². The van der Waals surface area contributed by atoms with Crippen LogP contribution in [0.5, 0.6) is 5.75 Å². The Bertz CT molecular complexity index is 1410. The number of nitrogens with two attached hydrogens (primary N) is 1. The molecule has 192 valence electrons. The first-order valence-corrected chi connectivity index (χ1v) is 12.6. The van der Waals surface area contributed by atoms with Gasteiger partial charge in [0, 0.05) is 16.9 Å². The number of aryl methyl sites for hydroxylation is 1. The zero-order chi connectivity index (χ0) is 27.0. The number of hydrogen-bond acceptors (Lipinski definition) is 7. The molecule has 37 heavy (non-hydrogen) atoms. The second-order valence-corrected chi connectivity index (χ2v) is 9.81. The van der Waals surface area contributed by atoms with Gasteiger partial charge < -0.3 is 20.9 Å². The average molecular weight is 521 g/mol. The predicted octanol–water partition coefficient (Wildman–Crippen LogP) is 4.02. The number of nitrogens with one attached hydrogen (secondary N) is 1. The van der Waals surface area contributed by atoms with Gasteiger partial charge in [-0.15, -0.1) is 0 Å². The van der Waals surface area contributed by atoms with E-state index in [9.17, 15) is 18.3 Å². The Morgan fingerprint density at radius 3 is 2.27 bits per heavy atom. The molecule has 3 aromatic rings. The van der Waals surface area contributed by atoms with Gasteiger partial charge in [0.25, 0.3) is 10.0 Å². The van der Waals surface area contributed by atoms with Crippen LogP contribution in [-0.4, -0.2) is 39.5 Å². The number of ether oxygens (including phenoxy) is 1. The third kappa shape index (κ3) is 6.98. The summed E-state index contributed by atoms with van der Waals surface area (Å²) >= 11 is 0. The number of hydrogen-bond donors (Lipinski definition) is 3. The minimum atomic E-state index is -4.03. The van der Waals surface area contributed by atoms with E-state index in [-0.39, 0.29) is 16.3 Å². The Morgan fingerprint density at radius 2 is 1.70 bits per heavy atom. The standard InChI is InChI=1S/C27H28N4O5S/c1-19-4-14-25(15-5-19)37(34,35)31(17-27(33)36-3)23-10-8-22(9-11-23)30-20(2)16-26(29-18-28)21-6-12-24(32)13-7-21/h4-16,18,30,32H,2,17H2,1,3H3,(H2,28,29)/b26-16-. The summed E-state index contributed by atoms with van der Waals surface area (Å²) in [7, 11) is -2.83. The van der Waals surface area contributed by atoms with Crippen LogP contribution in [0.2, 0.25) is 0 Å². The number of carbonyl (C=O) groups excluding carboxylic acids is 1. The molecule has 0 aliphatic carbocycles. The van der Waals surface area contributed by atoms with Gasteiger partial charge in [0.1, 0.15) is 12.3 Å². The van der Waals surface area contributed by atoms with Gasteiger partial charge in [0.05, 0.1) is 29.7 Å². The Kier molecular flexibility index (Phi) is 8.70. The molecule has 0 saturated carbocycles. The molecule has 3 aromatic carbocycles. The monoisotopic (exact) mass is 520 g/mol. The number of methoxy groups -OCH3 is 1. The third-order valence-corrected chi connectivity index (χ3v) is 7.05. The third-order valence-electron chi connectivity index (χ3n) is 5.26. The van der Waals surface area contributed by atoms with Gasteiger partial charge in [-0.25, -0.2) is 13.4 Å². The number of phenols is 1. The van der Waals surface area contributed by atoms with Crippen LogP contribution >= 0.6 is 0 Å². The molecule has 0 saturated heterocycles. The average Bonchev–Trinajstić information content (AvgIpc) is 2.88. The highest BCUT2D eigenvalue weighted by molar-refractivity contribution is 7.92. The molecule has 0 amide bonds. The summed E-state index contributed by atoms with van der Waals surface area (Å²) < 4.78 is 32.4. The van der Waals surface area contributed by atoms with Crippen LogP contribution in [0.25, 0.3) is 5.70 Å². The summed E-state index contributed by atoms with van der Waals surface area (Å²) in [5.74, 6) is -0.568. The van der Waals surface area contributed by atoms with Gasteiger partial charge in [-0.3, -0.25) is 9.10 Å². The van der Waals surface area contributed by atoms with Crippen LogP contribution in [0.1, 0.15) is 11.1 Å². The van der Waals surface area contributed by atoms with Crippen LogP contribution in [-0.2, 0) is 19.6 Å². The molecule has 0 radical (unpaired) electrons. The summed E-state index contributed by atoms with van der Waals surface area (Å²) in [6.07, 6.45) is 2.83. The number of anilines is 2. The van der Waals surface area contributed by atoms with E-state index in [1.165, 1.54) is 31.4 Å². The number of carbonyl (C=O) groups is 1. The van der Waals surface area contributed by atoms with E-state index in [1.807, 2.05) is 6.92 Å². The number of benzene rings is 3. The van der Waals surface area contributed by atoms with Crippen molar-refractivity contribution >= 4 is 39.4 Å². The molecule has 0 atom stereocenters. The lowest BCUT2D eigenvalue weighted by atomic mass is 10.1. The van der Waals surface area contributed by atoms with Crippen molar-refractivity contribution in [3.05, 3.63) is 102 Å². The van der Waals surface area contributed by atoms with E-state index in [2.05, 4.69) is 16.9 Å². The van der Waals surface area contributed by atoms with Gasteiger partial charge in [-0.05, 0) is 73.7 Å². The number of phenolic OH excluding ortho intramolecular Hbond substituents is 1. The molecule has 0 aromatic heterocycles. The number of aromatic hydroxyl groups is 1. The minimum absolute atomic E-state index is 0.0601. The van der Waals surface area contributed by atoms with Crippen LogP contribution in [0, 0.1) is 6.92 Å². The lowest BCUT2D eigenvalue weighted by molar-refractivity contribution is -0.138. The molecule has 0 unspecified atom stereocenters. The molecule has 4 N–H and O–H groups in total. The van der Waals surface area contributed by atoms with Crippen molar-refractivity contribution in [1.29, 1.82) is 0 Å². The van der Waals surface area contributed by atoms with Gasteiger partial charge in [0.2, 0.25) is 0 Å². The predicted molar refractivity (Wildman–Crippen MR) is 146 cm³/mol. The van der Waals surface area contributed by atoms with E-state index < -0.39 is 22.5 Å². The molecule has 0 bridgehead atoms. The highest BCUT2D eigenvalue weighted by atomic mass is 32.2. The van der Waals surface area contributed by atoms with Crippen molar-refractivity contribution in [2.75, 3.05) is 23.3 Å². The van der Waals surface area contributed by atoms with E-state index in [0.717, 1.165) is 21.8 Å². The molecule has 10 heteroatoms. The van der Waals surface area contributed by atoms with Gasteiger partial charge in [-0.1, -0.05) is 24.3 Å².